The summed E-state index contributed by atoms with van der Waals surface area (Å²) in [7, 11) is 3.12. The van der Waals surface area contributed by atoms with Crippen molar-refractivity contribution in [1.82, 2.24) is 4.57 Å². The Morgan fingerprint density at radius 3 is 2.35 bits per heavy atom. The van der Waals surface area contributed by atoms with Crippen LogP contribution in [0, 0.1) is 0 Å². The number of hydrogen-bond donors (Lipinski definition) is 0. The summed E-state index contributed by atoms with van der Waals surface area (Å²) >= 11 is 0. The minimum atomic E-state index is -0.432. The normalized spacial score (nSPS) is 11.0. The minimum absolute atomic E-state index is 0.381. The SMILES string of the molecule is COc1ccc(C=CC(=O)n2c(=O)cc(-c3ccccc3)c3ccccc32)c(OC)c1. The van der Waals surface area contributed by atoms with Crippen molar-refractivity contribution in [1.29, 1.82) is 0 Å². The quantitative estimate of drug-likeness (QED) is 0.432. The average molecular weight is 411 g/mol. The molecule has 0 aliphatic heterocycles. The van der Waals surface area contributed by atoms with Gasteiger partial charge >= 0.3 is 0 Å². The molecular weight excluding hydrogens is 390 g/mol. The summed E-state index contributed by atoms with van der Waals surface area (Å²) in [4.78, 5) is 26.0. The minimum Gasteiger partial charge on any atom is -0.497 e. The highest BCUT2D eigenvalue weighted by molar-refractivity contribution is 6.03. The zero-order valence-electron chi connectivity index (χ0n) is 17.2. The summed E-state index contributed by atoms with van der Waals surface area (Å²) in [5.74, 6) is 0.790. The van der Waals surface area contributed by atoms with Crippen LogP contribution in [0.1, 0.15) is 10.4 Å². The summed E-state index contributed by atoms with van der Waals surface area (Å²) in [5, 5.41) is 0.831. The Morgan fingerprint density at radius 2 is 1.61 bits per heavy atom. The van der Waals surface area contributed by atoms with Gasteiger partial charge in [-0.25, -0.2) is 4.57 Å². The number of aromatic nitrogens is 1. The highest BCUT2D eigenvalue weighted by Gasteiger charge is 2.14. The van der Waals surface area contributed by atoms with Crippen molar-refractivity contribution in [3.8, 4) is 22.6 Å². The van der Waals surface area contributed by atoms with Gasteiger partial charge in [-0.3, -0.25) is 9.59 Å². The lowest BCUT2D eigenvalue weighted by Gasteiger charge is -2.12. The first-order valence-electron chi connectivity index (χ1n) is 9.77. The Hall–Kier alpha value is -4.12. The molecule has 31 heavy (non-hydrogen) atoms. The van der Waals surface area contributed by atoms with E-state index in [1.165, 1.54) is 16.7 Å². The molecule has 1 heterocycles. The first kappa shape index (κ1) is 20.2. The molecule has 154 valence electrons. The van der Waals surface area contributed by atoms with E-state index in [1.807, 2.05) is 48.5 Å². The Morgan fingerprint density at radius 1 is 0.871 bits per heavy atom. The molecule has 0 aliphatic rings. The first-order valence-corrected chi connectivity index (χ1v) is 9.77. The van der Waals surface area contributed by atoms with Gasteiger partial charge in [-0.15, -0.1) is 0 Å². The number of rotatable bonds is 5. The van der Waals surface area contributed by atoms with Gasteiger partial charge < -0.3 is 9.47 Å². The van der Waals surface area contributed by atoms with Gasteiger partial charge in [-0.1, -0.05) is 48.5 Å². The van der Waals surface area contributed by atoms with Crippen molar-refractivity contribution in [2.75, 3.05) is 14.2 Å². The second-order valence-electron chi connectivity index (χ2n) is 6.89. The molecule has 0 unspecified atom stereocenters. The van der Waals surface area contributed by atoms with Crippen molar-refractivity contribution < 1.29 is 14.3 Å². The molecule has 0 saturated carbocycles. The van der Waals surface area contributed by atoms with Crippen LogP contribution in [0.3, 0.4) is 0 Å². The summed E-state index contributed by atoms with van der Waals surface area (Å²) in [5.41, 5.74) is 2.61. The van der Waals surface area contributed by atoms with Gasteiger partial charge in [0.1, 0.15) is 11.5 Å². The van der Waals surface area contributed by atoms with Crippen LogP contribution in [0.5, 0.6) is 11.5 Å². The van der Waals surface area contributed by atoms with E-state index in [2.05, 4.69) is 0 Å². The van der Waals surface area contributed by atoms with Crippen LogP contribution >= 0.6 is 0 Å². The standard InChI is InChI=1S/C26H21NO4/c1-30-20-14-12-19(24(16-20)31-2)13-15-25(28)27-23-11-7-6-10-21(23)22(17-26(27)29)18-8-4-3-5-9-18/h3-17H,1-2H3. The molecule has 0 radical (unpaired) electrons. The van der Waals surface area contributed by atoms with Crippen LogP contribution < -0.4 is 15.0 Å². The Labute approximate surface area is 179 Å². The fraction of sp³-hybridized carbons (Fsp3) is 0.0769. The second kappa shape index (κ2) is 8.71. The van der Waals surface area contributed by atoms with Gasteiger partial charge in [0.05, 0.1) is 19.7 Å². The first-order chi connectivity index (χ1) is 15.1. The number of carbonyl (C=O) groups excluding carboxylic acids is 1. The van der Waals surface area contributed by atoms with E-state index in [-0.39, 0.29) is 5.56 Å². The van der Waals surface area contributed by atoms with Crippen LogP contribution in [0.15, 0.2) is 89.7 Å². The lowest BCUT2D eigenvalue weighted by molar-refractivity contribution is 0.0971. The maximum atomic E-state index is 13.0. The van der Waals surface area contributed by atoms with Crippen molar-refractivity contribution in [3.63, 3.8) is 0 Å². The maximum Gasteiger partial charge on any atom is 0.258 e. The monoisotopic (exact) mass is 411 g/mol. The number of pyridine rings is 1. The highest BCUT2D eigenvalue weighted by Crippen LogP contribution is 2.28. The number of ether oxygens (including phenoxy) is 2. The van der Waals surface area contributed by atoms with Crippen LogP contribution in [0.4, 0.5) is 0 Å². The molecule has 0 amide bonds. The Kier molecular flexibility index (Phi) is 5.67. The number of carbonyl (C=O) groups is 1. The zero-order chi connectivity index (χ0) is 21.8. The molecule has 1 aromatic heterocycles. The van der Waals surface area contributed by atoms with Crippen molar-refractivity contribution in [2.24, 2.45) is 0 Å². The summed E-state index contributed by atoms with van der Waals surface area (Å²) in [6.07, 6.45) is 3.01. The van der Waals surface area contributed by atoms with Crippen molar-refractivity contribution in [3.05, 3.63) is 101 Å². The third kappa shape index (κ3) is 3.98. The molecule has 5 nitrogen and oxygen atoms in total. The maximum absolute atomic E-state index is 13.0. The molecule has 0 spiro atoms. The van der Waals surface area contributed by atoms with E-state index in [9.17, 15) is 9.59 Å². The van der Waals surface area contributed by atoms with Crippen molar-refractivity contribution >= 4 is 22.9 Å². The van der Waals surface area contributed by atoms with E-state index in [4.69, 9.17) is 9.47 Å². The molecule has 0 bridgehead atoms. The zero-order valence-corrected chi connectivity index (χ0v) is 17.2. The lowest BCUT2D eigenvalue weighted by Crippen LogP contribution is -2.25. The molecule has 4 aromatic rings. The number of allylic oxidation sites excluding steroid dienone is 1. The molecule has 5 heteroatoms. The fourth-order valence-corrected chi connectivity index (χ4v) is 3.56. The predicted octanol–water partition coefficient (Wildman–Crippen LogP) is 5.04. The topological polar surface area (TPSA) is 57.5 Å². The molecule has 0 aliphatic carbocycles. The molecular formula is C26H21NO4. The van der Waals surface area contributed by atoms with Gasteiger partial charge in [-0.2, -0.15) is 0 Å². The van der Waals surface area contributed by atoms with E-state index >= 15 is 0 Å². The molecule has 0 N–H and O–H groups in total. The third-order valence-corrected chi connectivity index (χ3v) is 5.07. The van der Waals surface area contributed by atoms with E-state index < -0.39 is 5.91 Å². The van der Waals surface area contributed by atoms with Gasteiger partial charge in [0, 0.05) is 29.2 Å². The van der Waals surface area contributed by atoms with Crippen molar-refractivity contribution in [2.45, 2.75) is 0 Å². The van der Waals surface area contributed by atoms with Gasteiger partial charge in [0.15, 0.2) is 0 Å². The summed E-state index contributed by atoms with van der Waals surface area (Å²) in [6.45, 7) is 0. The predicted molar refractivity (Wildman–Crippen MR) is 123 cm³/mol. The summed E-state index contributed by atoms with van der Waals surface area (Å²) < 4.78 is 11.8. The van der Waals surface area contributed by atoms with Gasteiger partial charge in [0.25, 0.3) is 11.5 Å². The number of benzene rings is 3. The third-order valence-electron chi connectivity index (χ3n) is 5.07. The van der Waals surface area contributed by atoms with E-state index in [0.29, 0.717) is 22.6 Å². The highest BCUT2D eigenvalue weighted by atomic mass is 16.5. The fourth-order valence-electron chi connectivity index (χ4n) is 3.56. The van der Waals surface area contributed by atoms with E-state index in [0.717, 1.165) is 16.5 Å². The number of methoxy groups -OCH3 is 2. The largest absolute Gasteiger partial charge is 0.497 e. The van der Waals surface area contributed by atoms with E-state index in [1.54, 1.807) is 44.6 Å². The van der Waals surface area contributed by atoms with Gasteiger partial charge in [-0.05, 0) is 35.4 Å². The molecule has 0 atom stereocenters. The molecule has 0 fully saturated rings. The average Bonchev–Trinajstić information content (AvgIpc) is 2.82. The van der Waals surface area contributed by atoms with Crippen LogP contribution in [-0.2, 0) is 0 Å². The number of para-hydroxylation sites is 1. The molecule has 4 rings (SSSR count). The van der Waals surface area contributed by atoms with Crippen LogP contribution in [0.2, 0.25) is 0 Å². The Bertz CT molecular complexity index is 1340. The number of fused-ring (bicyclic) bond motifs is 1. The summed E-state index contributed by atoms with van der Waals surface area (Å²) in [6, 6.07) is 23.9. The lowest BCUT2D eigenvalue weighted by atomic mass is 10.0. The number of hydrogen-bond acceptors (Lipinski definition) is 4. The Balaban J connectivity index is 1.79. The number of nitrogens with zero attached hydrogens (tertiary/aromatic N) is 1. The smallest absolute Gasteiger partial charge is 0.258 e. The molecule has 3 aromatic carbocycles. The van der Waals surface area contributed by atoms with Crippen LogP contribution in [0.25, 0.3) is 28.1 Å². The second-order valence-corrected chi connectivity index (χ2v) is 6.89. The van der Waals surface area contributed by atoms with Gasteiger partial charge in [0.2, 0.25) is 0 Å². The van der Waals surface area contributed by atoms with Crippen LogP contribution in [-0.4, -0.2) is 24.7 Å². The molecule has 0 saturated heterocycles.